The van der Waals surface area contributed by atoms with Crippen molar-refractivity contribution in [1.29, 1.82) is 0 Å². The molecule has 1 aromatic carbocycles. The number of rotatable bonds is 4. The molecule has 1 atom stereocenters. The first kappa shape index (κ1) is 20.1. The number of aryl methyl sites for hydroxylation is 1. The molecular formula is C19H21N5O5S. The van der Waals surface area contributed by atoms with Gasteiger partial charge in [0.05, 0.1) is 23.9 Å². The van der Waals surface area contributed by atoms with Crippen molar-refractivity contribution in [2.45, 2.75) is 19.0 Å². The molecule has 4 rings (SSSR count). The van der Waals surface area contributed by atoms with Crippen LogP contribution in [0.5, 0.6) is 0 Å². The average Bonchev–Trinajstić information content (AvgIpc) is 3.29. The monoisotopic (exact) mass is 431 g/mol. The molecule has 0 radical (unpaired) electrons. The largest absolute Gasteiger partial charge is 0.332 e. The van der Waals surface area contributed by atoms with Crippen molar-refractivity contribution in [3.63, 3.8) is 0 Å². The number of para-hydroxylation sites is 1. The minimum atomic E-state index is -3.21. The number of hydrogen-bond acceptors (Lipinski definition) is 6. The Hall–Kier alpha value is -3.21. The van der Waals surface area contributed by atoms with Crippen LogP contribution >= 0.6 is 0 Å². The molecule has 3 heterocycles. The maximum absolute atomic E-state index is 13.3. The van der Waals surface area contributed by atoms with Crippen molar-refractivity contribution in [1.82, 2.24) is 18.7 Å². The molecule has 1 aliphatic heterocycles. The molecule has 1 saturated heterocycles. The summed E-state index contributed by atoms with van der Waals surface area (Å²) in [5.41, 5.74) is -0.140. The van der Waals surface area contributed by atoms with E-state index in [9.17, 15) is 22.8 Å². The van der Waals surface area contributed by atoms with Crippen molar-refractivity contribution in [2.24, 2.45) is 14.1 Å². The lowest BCUT2D eigenvalue weighted by Gasteiger charge is -2.28. The fraction of sp³-hybridized carbons (Fsp3) is 0.368. The fourth-order valence-electron chi connectivity index (χ4n) is 3.86. The Kier molecular flexibility index (Phi) is 4.85. The van der Waals surface area contributed by atoms with Crippen molar-refractivity contribution in [3.8, 4) is 0 Å². The van der Waals surface area contributed by atoms with Crippen LogP contribution in [0.25, 0.3) is 11.2 Å². The number of carbonyl (C=O) groups excluding carboxylic acids is 1. The Morgan fingerprint density at radius 2 is 1.87 bits per heavy atom. The number of sulfone groups is 1. The molecule has 30 heavy (non-hydrogen) atoms. The highest BCUT2D eigenvalue weighted by Gasteiger charge is 2.35. The van der Waals surface area contributed by atoms with Gasteiger partial charge in [0.1, 0.15) is 6.54 Å². The zero-order valence-corrected chi connectivity index (χ0v) is 17.4. The lowest BCUT2D eigenvalue weighted by atomic mass is 10.1. The van der Waals surface area contributed by atoms with E-state index < -0.39 is 27.1 Å². The summed E-state index contributed by atoms with van der Waals surface area (Å²) in [5.74, 6) is -0.432. The van der Waals surface area contributed by atoms with E-state index in [0.29, 0.717) is 12.1 Å². The van der Waals surface area contributed by atoms with Crippen LogP contribution in [0.1, 0.15) is 6.42 Å². The molecule has 1 aliphatic rings. The van der Waals surface area contributed by atoms with Gasteiger partial charge in [-0.3, -0.25) is 18.7 Å². The third kappa shape index (κ3) is 3.34. The summed E-state index contributed by atoms with van der Waals surface area (Å²) in [7, 11) is -0.339. The number of hydrogen-bond donors (Lipinski definition) is 0. The van der Waals surface area contributed by atoms with Crippen molar-refractivity contribution >= 4 is 32.6 Å². The number of benzene rings is 1. The molecule has 0 saturated carbocycles. The van der Waals surface area contributed by atoms with Gasteiger partial charge in [-0.05, 0) is 18.6 Å². The molecule has 1 fully saturated rings. The number of anilines is 1. The van der Waals surface area contributed by atoms with Crippen LogP contribution in [0.3, 0.4) is 0 Å². The number of fused-ring (bicyclic) bond motifs is 1. The summed E-state index contributed by atoms with van der Waals surface area (Å²) < 4.78 is 27.6. The number of imidazole rings is 1. The van der Waals surface area contributed by atoms with E-state index in [2.05, 4.69) is 4.98 Å². The molecule has 158 valence electrons. The summed E-state index contributed by atoms with van der Waals surface area (Å²) in [6.07, 6.45) is 1.70. The maximum Gasteiger partial charge on any atom is 0.332 e. The summed E-state index contributed by atoms with van der Waals surface area (Å²) in [6.45, 7) is -0.213. The van der Waals surface area contributed by atoms with Gasteiger partial charge in [-0.2, -0.15) is 0 Å². The quantitative estimate of drug-likeness (QED) is 0.558. The van der Waals surface area contributed by atoms with Gasteiger partial charge in [-0.25, -0.2) is 18.2 Å². The van der Waals surface area contributed by atoms with Crippen LogP contribution in [-0.2, 0) is 35.3 Å². The van der Waals surface area contributed by atoms with Gasteiger partial charge >= 0.3 is 5.69 Å². The molecule has 10 nitrogen and oxygen atoms in total. The predicted molar refractivity (Wildman–Crippen MR) is 111 cm³/mol. The highest BCUT2D eigenvalue weighted by atomic mass is 32.2. The van der Waals surface area contributed by atoms with E-state index in [1.807, 2.05) is 6.07 Å². The Balaban J connectivity index is 1.75. The number of aromatic nitrogens is 4. The zero-order chi connectivity index (χ0) is 21.6. The summed E-state index contributed by atoms with van der Waals surface area (Å²) >= 11 is 0. The summed E-state index contributed by atoms with van der Waals surface area (Å²) in [4.78, 5) is 43.7. The molecule has 0 aliphatic carbocycles. The zero-order valence-electron chi connectivity index (χ0n) is 16.6. The Labute approximate surface area is 171 Å². The van der Waals surface area contributed by atoms with E-state index in [1.54, 1.807) is 24.3 Å². The number of amides is 1. The number of nitrogens with zero attached hydrogens (tertiary/aromatic N) is 5. The first-order chi connectivity index (χ1) is 14.2. The predicted octanol–water partition coefficient (Wildman–Crippen LogP) is -0.346. The second kappa shape index (κ2) is 7.24. The van der Waals surface area contributed by atoms with Crippen LogP contribution in [-0.4, -0.2) is 50.6 Å². The molecule has 3 aromatic rings. The lowest BCUT2D eigenvalue weighted by molar-refractivity contribution is -0.119. The second-order valence-corrected chi connectivity index (χ2v) is 9.64. The van der Waals surface area contributed by atoms with Crippen molar-refractivity contribution in [3.05, 3.63) is 57.5 Å². The van der Waals surface area contributed by atoms with Gasteiger partial charge in [0.2, 0.25) is 5.91 Å². The highest BCUT2D eigenvalue weighted by Crippen LogP contribution is 2.25. The van der Waals surface area contributed by atoms with Gasteiger partial charge in [0.25, 0.3) is 5.56 Å². The molecule has 1 amide bonds. The summed E-state index contributed by atoms with van der Waals surface area (Å²) in [5, 5.41) is 0. The van der Waals surface area contributed by atoms with Gasteiger partial charge in [0.15, 0.2) is 21.0 Å². The van der Waals surface area contributed by atoms with Crippen molar-refractivity contribution < 1.29 is 13.2 Å². The topological polar surface area (TPSA) is 116 Å². The Morgan fingerprint density at radius 3 is 2.50 bits per heavy atom. The van der Waals surface area contributed by atoms with E-state index in [1.165, 1.54) is 34.5 Å². The van der Waals surface area contributed by atoms with Gasteiger partial charge in [-0.15, -0.1) is 0 Å². The van der Waals surface area contributed by atoms with Crippen LogP contribution in [0.2, 0.25) is 0 Å². The smallest absolute Gasteiger partial charge is 0.315 e. The van der Waals surface area contributed by atoms with Crippen LogP contribution in [0.4, 0.5) is 5.69 Å². The highest BCUT2D eigenvalue weighted by molar-refractivity contribution is 7.91. The van der Waals surface area contributed by atoms with Crippen LogP contribution < -0.4 is 16.1 Å². The Bertz CT molecular complexity index is 1350. The van der Waals surface area contributed by atoms with Crippen molar-refractivity contribution in [2.75, 3.05) is 16.4 Å². The van der Waals surface area contributed by atoms with Gasteiger partial charge in [0, 0.05) is 19.8 Å². The normalized spacial score (nSPS) is 18.0. The minimum Gasteiger partial charge on any atom is -0.315 e. The van der Waals surface area contributed by atoms with E-state index in [-0.39, 0.29) is 35.1 Å². The first-order valence-corrected chi connectivity index (χ1v) is 11.2. The summed E-state index contributed by atoms with van der Waals surface area (Å²) in [6, 6.07) is 8.38. The molecule has 0 unspecified atom stereocenters. The second-order valence-electron chi connectivity index (χ2n) is 7.41. The minimum absolute atomic E-state index is 0.0327. The van der Waals surface area contributed by atoms with Crippen LogP contribution in [0, 0.1) is 0 Å². The van der Waals surface area contributed by atoms with Gasteiger partial charge in [-0.1, -0.05) is 18.2 Å². The maximum atomic E-state index is 13.3. The van der Waals surface area contributed by atoms with E-state index >= 15 is 0 Å². The SMILES string of the molecule is Cn1c(=O)c2c(ncn2CC(=O)N(c2ccccc2)[C@@H]2CCS(=O)(=O)C2)n(C)c1=O. The standard InChI is InChI=1S/C19H21N5O5S/c1-21-17-16(18(26)22(2)19(21)27)23(12-20-17)10-15(25)24(13-6-4-3-5-7-13)14-8-9-30(28,29)11-14/h3-7,12,14H,8-11H2,1-2H3/t14-/m1/s1. The van der Waals surface area contributed by atoms with Gasteiger partial charge < -0.3 is 9.47 Å². The molecule has 0 spiro atoms. The number of carbonyl (C=O) groups is 1. The fourth-order valence-corrected chi connectivity index (χ4v) is 5.56. The molecule has 0 N–H and O–H groups in total. The van der Waals surface area contributed by atoms with E-state index in [0.717, 1.165) is 4.57 Å². The molecule has 2 aromatic heterocycles. The Morgan fingerprint density at radius 1 is 1.17 bits per heavy atom. The van der Waals surface area contributed by atoms with Crippen LogP contribution in [0.15, 0.2) is 46.2 Å². The third-order valence-electron chi connectivity index (χ3n) is 5.40. The molecular weight excluding hydrogens is 410 g/mol. The first-order valence-electron chi connectivity index (χ1n) is 9.38. The lowest BCUT2D eigenvalue weighted by Crippen LogP contribution is -2.43. The van der Waals surface area contributed by atoms with E-state index in [4.69, 9.17) is 0 Å². The third-order valence-corrected chi connectivity index (χ3v) is 7.15. The molecule has 11 heteroatoms. The molecule has 0 bridgehead atoms. The average molecular weight is 431 g/mol.